The second kappa shape index (κ2) is 8.58. The minimum atomic E-state index is -1.15. The highest BCUT2D eigenvalue weighted by molar-refractivity contribution is 5.98. The van der Waals surface area contributed by atoms with Crippen molar-refractivity contribution in [2.24, 2.45) is 0 Å². The summed E-state index contributed by atoms with van der Waals surface area (Å²) < 4.78 is 0. The van der Waals surface area contributed by atoms with Crippen LogP contribution >= 0.6 is 0 Å². The fourth-order valence-electron chi connectivity index (χ4n) is 2.18. The third-order valence-electron chi connectivity index (χ3n) is 3.58. The van der Waals surface area contributed by atoms with Crippen LogP contribution in [0.25, 0.3) is 0 Å². The Morgan fingerprint density at radius 3 is 2.28 bits per heavy atom. The summed E-state index contributed by atoms with van der Waals surface area (Å²) in [6.45, 7) is 1.37. The first-order valence-corrected chi connectivity index (χ1v) is 7.75. The summed E-state index contributed by atoms with van der Waals surface area (Å²) in [5, 5.41) is 14.0. The van der Waals surface area contributed by atoms with Gasteiger partial charge in [-0.25, -0.2) is 0 Å². The predicted molar refractivity (Wildman–Crippen MR) is 90.9 cm³/mol. The van der Waals surface area contributed by atoms with Crippen molar-refractivity contribution >= 4 is 17.8 Å². The van der Waals surface area contributed by atoms with E-state index in [-0.39, 0.29) is 6.42 Å². The highest BCUT2D eigenvalue weighted by Crippen LogP contribution is 2.06. The van der Waals surface area contributed by atoms with Gasteiger partial charge in [0.2, 0.25) is 5.91 Å². The molecule has 0 saturated heterocycles. The van der Waals surface area contributed by atoms with Crippen molar-refractivity contribution in [3.05, 3.63) is 66.0 Å². The standard InChI is InChI=1S/C18H19N3O4/c1-12(18(24)25)20-17(23)15(11-13-5-3-2-4-6-13)21-16(22)14-7-9-19-10-8-14/h2-10,12,15H,11H2,1H3,(H,20,23)(H,21,22)(H,24,25)/t12-,15+/m0/s1. The van der Waals surface area contributed by atoms with Crippen molar-refractivity contribution in [3.63, 3.8) is 0 Å². The molecule has 0 fully saturated rings. The van der Waals surface area contributed by atoms with Gasteiger partial charge in [-0.1, -0.05) is 30.3 Å². The van der Waals surface area contributed by atoms with E-state index in [1.54, 1.807) is 0 Å². The Labute approximate surface area is 145 Å². The van der Waals surface area contributed by atoms with Crippen molar-refractivity contribution < 1.29 is 19.5 Å². The first-order chi connectivity index (χ1) is 12.0. The van der Waals surface area contributed by atoms with Crippen LogP contribution < -0.4 is 10.6 Å². The van der Waals surface area contributed by atoms with E-state index in [4.69, 9.17) is 5.11 Å². The minimum absolute atomic E-state index is 0.246. The third kappa shape index (κ3) is 5.42. The molecule has 7 nitrogen and oxygen atoms in total. The summed E-state index contributed by atoms with van der Waals surface area (Å²) in [5.41, 5.74) is 1.22. The van der Waals surface area contributed by atoms with Crippen molar-refractivity contribution in [1.82, 2.24) is 15.6 Å². The van der Waals surface area contributed by atoms with Gasteiger partial charge in [-0.15, -0.1) is 0 Å². The molecule has 0 saturated carbocycles. The molecule has 1 aromatic heterocycles. The topological polar surface area (TPSA) is 108 Å². The minimum Gasteiger partial charge on any atom is -0.480 e. The highest BCUT2D eigenvalue weighted by Gasteiger charge is 2.24. The van der Waals surface area contributed by atoms with Crippen LogP contribution in [0.15, 0.2) is 54.9 Å². The molecule has 3 N–H and O–H groups in total. The maximum Gasteiger partial charge on any atom is 0.325 e. The molecular formula is C18H19N3O4. The number of pyridine rings is 1. The Balaban J connectivity index is 2.15. The van der Waals surface area contributed by atoms with Gasteiger partial charge in [-0.05, 0) is 24.6 Å². The van der Waals surface area contributed by atoms with Crippen LogP contribution in [0.4, 0.5) is 0 Å². The quantitative estimate of drug-likeness (QED) is 0.696. The van der Waals surface area contributed by atoms with E-state index in [1.807, 2.05) is 30.3 Å². The van der Waals surface area contributed by atoms with Gasteiger partial charge in [0.05, 0.1) is 0 Å². The molecule has 0 aliphatic heterocycles. The normalized spacial score (nSPS) is 12.7. The number of benzene rings is 1. The molecule has 2 aromatic rings. The molecule has 2 rings (SSSR count). The molecule has 1 aromatic carbocycles. The molecule has 0 bridgehead atoms. The zero-order valence-electron chi connectivity index (χ0n) is 13.7. The number of hydrogen-bond donors (Lipinski definition) is 3. The van der Waals surface area contributed by atoms with Gasteiger partial charge in [-0.2, -0.15) is 0 Å². The number of rotatable bonds is 7. The van der Waals surface area contributed by atoms with Crippen LogP contribution in [0.1, 0.15) is 22.8 Å². The van der Waals surface area contributed by atoms with Crippen molar-refractivity contribution in [2.45, 2.75) is 25.4 Å². The van der Waals surface area contributed by atoms with E-state index in [2.05, 4.69) is 15.6 Å². The lowest BCUT2D eigenvalue weighted by Crippen LogP contribution is -2.51. The van der Waals surface area contributed by atoms with Gasteiger partial charge in [-0.3, -0.25) is 19.4 Å². The van der Waals surface area contributed by atoms with E-state index in [1.165, 1.54) is 31.5 Å². The van der Waals surface area contributed by atoms with Gasteiger partial charge < -0.3 is 15.7 Å². The largest absolute Gasteiger partial charge is 0.480 e. The summed E-state index contributed by atoms with van der Waals surface area (Å²) in [4.78, 5) is 39.6. The number of nitrogens with zero attached hydrogens (tertiary/aromatic N) is 1. The maximum atomic E-state index is 12.4. The molecule has 0 unspecified atom stereocenters. The number of amides is 2. The van der Waals surface area contributed by atoms with Crippen LogP contribution in [0, 0.1) is 0 Å². The van der Waals surface area contributed by atoms with Crippen LogP contribution in [0.2, 0.25) is 0 Å². The molecule has 0 aliphatic carbocycles. The monoisotopic (exact) mass is 341 g/mol. The second-order valence-electron chi connectivity index (χ2n) is 5.52. The summed E-state index contributed by atoms with van der Waals surface area (Å²) in [6, 6.07) is 10.3. The zero-order valence-corrected chi connectivity index (χ0v) is 13.7. The fourth-order valence-corrected chi connectivity index (χ4v) is 2.18. The van der Waals surface area contributed by atoms with E-state index in [0.717, 1.165) is 5.56 Å². The average molecular weight is 341 g/mol. The Kier molecular flexibility index (Phi) is 6.22. The van der Waals surface area contributed by atoms with Crippen LogP contribution in [-0.4, -0.2) is 40.0 Å². The van der Waals surface area contributed by atoms with Crippen LogP contribution in [0.5, 0.6) is 0 Å². The molecule has 0 spiro atoms. The number of aliphatic carboxylic acids is 1. The number of carboxylic acid groups (broad SMARTS) is 1. The van der Waals surface area contributed by atoms with Crippen molar-refractivity contribution in [2.75, 3.05) is 0 Å². The molecule has 2 amide bonds. The van der Waals surface area contributed by atoms with E-state index >= 15 is 0 Å². The zero-order chi connectivity index (χ0) is 18.2. The summed E-state index contributed by atoms with van der Waals surface area (Å²) in [5.74, 6) is -2.13. The number of aromatic nitrogens is 1. The molecule has 0 radical (unpaired) electrons. The summed E-state index contributed by atoms with van der Waals surface area (Å²) in [6.07, 6.45) is 3.21. The number of nitrogens with one attached hydrogen (secondary N) is 2. The Hall–Kier alpha value is -3.22. The molecule has 130 valence electrons. The second-order valence-corrected chi connectivity index (χ2v) is 5.52. The fraction of sp³-hybridized carbons (Fsp3) is 0.222. The average Bonchev–Trinajstić information content (AvgIpc) is 2.62. The van der Waals surface area contributed by atoms with Crippen LogP contribution in [0.3, 0.4) is 0 Å². The van der Waals surface area contributed by atoms with E-state index in [9.17, 15) is 14.4 Å². The maximum absolute atomic E-state index is 12.4. The number of hydrogen-bond acceptors (Lipinski definition) is 4. The molecule has 7 heteroatoms. The predicted octanol–water partition coefficient (Wildman–Crippen LogP) is 1.01. The number of carbonyl (C=O) groups is 3. The first-order valence-electron chi connectivity index (χ1n) is 7.75. The van der Waals surface area contributed by atoms with Gasteiger partial charge in [0, 0.05) is 24.4 Å². The third-order valence-corrected chi connectivity index (χ3v) is 3.58. The molecular weight excluding hydrogens is 322 g/mol. The first kappa shape index (κ1) is 18.1. The lowest BCUT2D eigenvalue weighted by atomic mass is 10.0. The van der Waals surface area contributed by atoms with Gasteiger partial charge in [0.15, 0.2) is 0 Å². The van der Waals surface area contributed by atoms with Crippen molar-refractivity contribution in [1.29, 1.82) is 0 Å². The Morgan fingerprint density at radius 2 is 1.68 bits per heavy atom. The Bertz CT molecular complexity index is 735. The lowest BCUT2D eigenvalue weighted by Gasteiger charge is -2.20. The van der Waals surface area contributed by atoms with Crippen LogP contribution in [-0.2, 0) is 16.0 Å². The molecule has 1 heterocycles. The Morgan fingerprint density at radius 1 is 1.04 bits per heavy atom. The number of carbonyl (C=O) groups excluding carboxylic acids is 2. The van der Waals surface area contributed by atoms with Crippen molar-refractivity contribution in [3.8, 4) is 0 Å². The summed E-state index contributed by atoms with van der Waals surface area (Å²) >= 11 is 0. The SMILES string of the molecule is C[C@H](NC(=O)[C@@H](Cc1ccccc1)NC(=O)c1ccncc1)C(=O)O. The van der Waals surface area contributed by atoms with Gasteiger partial charge in [0.1, 0.15) is 12.1 Å². The molecule has 0 aliphatic rings. The molecule has 25 heavy (non-hydrogen) atoms. The van der Waals surface area contributed by atoms with Gasteiger partial charge >= 0.3 is 5.97 Å². The van der Waals surface area contributed by atoms with E-state index in [0.29, 0.717) is 5.56 Å². The van der Waals surface area contributed by atoms with E-state index < -0.39 is 29.9 Å². The smallest absolute Gasteiger partial charge is 0.325 e. The summed E-state index contributed by atoms with van der Waals surface area (Å²) in [7, 11) is 0. The van der Waals surface area contributed by atoms with Gasteiger partial charge in [0.25, 0.3) is 5.91 Å². The number of carboxylic acids is 1. The highest BCUT2D eigenvalue weighted by atomic mass is 16.4. The molecule has 2 atom stereocenters. The lowest BCUT2D eigenvalue weighted by molar-refractivity contribution is -0.141.